The van der Waals surface area contributed by atoms with Gasteiger partial charge in [0.15, 0.2) is 5.78 Å². The van der Waals surface area contributed by atoms with Gasteiger partial charge in [0.05, 0.1) is 10.0 Å². The first-order chi connectivity index (χ1) is 15.3. The molecule has 172 valence electrons. The van der Waals surface area contributed by atoms with E-state index in [4.69, 9.17) is 43.0 Å². The number of carboxylic acids is 2. The summed E-state index contributed by atoms with van der Waals surface area (Å²) in [6.07, 6.45) is 4.80. The van der Waals surface area contributed by atoms with E-state index in [2.05, 4.69) is 20.6 Å². The van der Waals surface area contributed by atoms with Gasteiger partial charge in [0.25, 0.3) is 0 Å². The first-order valence-electron chi connectivity index (χ1n) is 10.4. The molecule has 2 aliphatic rings. The van der Waals surface area contributed by atoms with Crippen molar-refractivity contribution in [2.75, 3.05) is 37.6 Å². The summed E-state index contributed by atoms with van der Waals surface area (Å²) in [5, 5.41) is 16.0. The lowest BCUT2D eigenvalue weighted by Crippen LogP contribution is -2.47. The molecule has 2 aromatic rings. The van der Waals surface area contributed by atoms with Crippen LogP contribution in [0.5, 0.6) is 0 Å². The number of halogens is 2. The van der Waals surface area contributed by atoms with Crippen LogP contribution < -0.4 is 4.90 Å². The second-order valence-corrected chi connectivity index (χ2v) is 8.50. The molecular formula is C22H25Cl2N3O5. The highest BCUT2D eigenvalue weighted by Gasteiger charge is 2.22. The van der Waals surface area contributed by atoms with E-state index >= 15 is 0 Å². The van der Waals surface area contributed by atoms with Crippen molar-refractivity contribution in [3.05, 3.63) is 51.8 Å². The number of carbonyl (C=O) groups is 3. The zero-order chi connectivity index (χ0) is 23.3. The minimum atomic E-state index is -1.82. The zero-order valence-corrected chi connectivity index (χ0v) is 19.0. The fourth-order valence-electron chi connectivity index (χ4n) is 3.96. The first-order valence-corrected chi connectivity index (χ1v) is 11.1. The number of hydrogen-bond donors (Lipinski definition) is 2. The zero-order valence-electron chi connectivity index (χ0n) is 17.5. The molecule has 1 fully saturated rings. The van der Waals surface area contributed by atoms with Crippen molar-refractivity contribution >= 4 is 46.6 Å². The van der Waals surface area contributed by atoms with Crippen molar-refractivity contribution in [1.29, 1.82) is 0 Å². The van der Waals surface area contributed by atoms with Crippen LogP contribution in [-0.2, 0) is 22.6 Å². The lowest BCUT2D eigenvalue weighted by atomic mass is 9.97. The monoisotopic (exact) mass is 481 g/mol. The molecule has 0 saturated carbocycles. The number of aromatic nitrogens is 1. The number of hydrogen-bond acceptors (Lipinski definition) is 5. The van der Waals surface area contributed by atoms with Gasteiger partial charge in [0.2, 0.25) is 0 Å². The fourth-order valence-corrected chi connectivity index (χ4v) is 4.25. The van der Waals surface area contributed by atoms with E-state index in [1.54, 1.807) is 0 Å². The molecule has 10 heteroatoms. The molecule has 1 aliphatic heterocycles. The van der Waals surface area contributed by atoms with Crippen LogP contribution in [-0.4, -0.2) is 70.1 Å². The van der Waals surface area contributed by atoms with Gasteiger partial charge >= 0.3 is 11.9 Å². The fraction of sp³-hybridized carbons (Fsp3) is 0.409. The Balaban J connectivity index is 0.000000427. The number of carbonyl (C=O) groups excluding carboxylic acids is 1. The Hall–Kier alpha value is -2.55. The summed E-state index contributed by atoms with van der Waals surface area (Å²) in [6.45, 7) is 6.01. The Labute approximate surface area is 195 Å². The van der Waals surface area contributed by atoms with E-state index in [9.17, 15) is 4.79 Å². The third kappa shape index (κ3) is 6.03. The summed E-state index contributed by atoms with van der Waals surface area (Å²) in [6, 6.07) is 7.84. The Bertz CT molecular complexity index is 987. The van der Waals surface area contributed by atoms with E-state index in [1.165, 1.54) is 5.69 Å². The summed E-state index contributed by atoms with van der Waals surface area (Å²) in [7, 11) is 0. The van der Waals surface area contributed by atoms with Gasteiger partial charge in [-0.1, -0.05) is 23.2 Å². The Morgan fingerprint density at radius 2 is 1.59 bits per heavy atom. The number of Topliss-reactive ketones (excluding diaryl/α,β-unsaturated/α-hetero) is 1. The summed E-state index contributed by atoms with van der Waals surface area (Å²) >= 11 is 12.2. The molecule has 1 aromatic heterocycles. The van der Waals surface area contributed by atoms with Crippen LogP contribution in [0.15, 0.2) is 30.5 Å². The molecule has 8 nitrogen and oxygen atoms in total. The molecule has 0 atom stereocenters. The van der Waals surface area contributed by atoms with Gasteiger partial charge in [0.1, 0.15) is 0 Å². The molecule has 0 unspecified atom stereocenters. The molecule has 1 aliphatic carbocycles. The predicted octanol–water partition coefficient (Wildman–Crippen LogP) is 3.29. The maximum absolute atomic E-state index is 12.0. The van der Waals surface area contributed by atoms with Gasteiger partial charge in [-0.05, 0) is 37.1 Å². The quantitative estimate of drug-likeness (QED) is 0.645. The average molecular weight is 482 g/mol. The predicted molar refractivity (Wildman–Crippen MR) is 122 cm³/mol. The van der Waals surface area contributed by atoms with Crippen molar-refractivity contribution in [2.45, 2.75) is 25.8 Å². The highest BCUT2D eigenvalue weighted by molar-refractivity contribution is 6.42. The van der Waals surface area contributed by atoms with Crippen molar-refractivity contribution in [3.8, 4) is 0 Å². The minimum absolute atomic E-state index is 0.306. The van der Waals surface area contributed by atoms with Crippen LogP contribution in [0.2, 0.25) is 10.0 Å². The maximum atomic E-state index is 12.0. The summed E-state index contributed by atoms with van der Waals surface area (Å²) in [4.78, 5) is 35.0. The number of aliphatic carboxylic acids is 2. The van der Waals surface area contributed by atoms with E-state index < -0.39 is 11.9 Å². The number of nitrogens with zero attached hydrogens (tertiary/aromatic N) is 3. The van der Waals surface area contributed by atoms with Crippen molar-refractivity contribution in [3.63, 3.8) is 0 Å². The van der Waals surface area contributed by atoms with Crippen LogP contribution in [0, 0.1) is 0 Å². The first kappa shape index (κ1) is 24.1. The molecule has 0 bridgehead atoms. The van der Waals surface area contributed by atoms with Crippen LogP contribution in [0.3, 0.4) is 0 Å². The van der Waals surface area contributed by atoms with Gasteiger partial charge in [-0.3, -0.25) is 9.69 Å². The van der Waals surface area contributed by atoms with Gasteiger partial charge in [-0.2, -0.15) is 0 Å². The highest BCUT2D eigenvalue weighted by atomic mass is 35.5. The second-order valence-electron chi connectivity index (χ2n) is 7.68. The second kappa shape index (κ2) is 10.8. The number of anilines is 1. The molecule has 32 heavy (non-hydrogen) atoms. The summed E-state index contributed by atoms with van der Waals surface area (Å²) in [5.74, 6) is -3.34. The number of ketones is 1. The molecular weight excluding hydrogens is 457 g/mol. The highest BCUT2D eigenvalue weighted by Crippen LogP contribution is 2.28. The topological polar surface area (TPSA) is 103 Å². The SMILES string of the molecule is O=C(O)C(=O)O.O=C1CCCc2c1ccn2CCN1CCN(c2ccc(Cl)c(Cl)c2)CC1. The van der Waals surface area contributed by atoms with Crippen LogP contribution >= 0.6 is 23.2 Å². The number of carboxylic acid groups (broad SMARTS) is 2. The molecule has 1 aromatic carbocycles. The molecule has 1 saturated heterocycles. The normalized spacial score (nSPS) is 16.2. The van der Waals surface area contributed by atoms with Crippen LogP contribution in [0.1, 0.15) is 28.9 Å². The Kier molecular flexibility index (Phi) is 8.17. The van der Waals surface area contributed by atoms with Crippen molar-refractivity contribution in [1.82, 2.24) is 9.47 Å². The van der Waals surface area contributed by atoms with Gasteiger partial charge in [-0.15, -0.1) is 0 Å². The van der Waals surface area contributed by atoms with Gasteiger partial charge in [-0.25, -0.2) is 9.59 Å². The van der Waals surface area contributed by atoms with Gasteiger partial charge < -0.3 is 19.7 Å². The lowest BCUT2D eigenvalue weighted by Gasteiger charge is -2.36. The van der Waals surface area contributed by atoms with Crippen molar-refractivity contribution in [2.24, 2.45) is 0 Å². The van der Waals surface area contributed by atoms with Gasteiger partial charge in [0, 0.05) is 68.8 Å². The number of benzene rings is 1. The number of fused-ring (bicyclic) bond motifs is 1. The summed E-state index contributed by atoms with van der Waals surface area (Å²) in [5.41, 5.74) is 3.31. The molecule has 2 N–H and O–H groups in total. The number of rotatable bonds is 4. The smallest absolute Gasteiger partial charge is 0.414 e. The third-order valence-corrected chi connectivity index (χ3v) is 6.42. The maximum Gasteiger partial charge on any atom is 0.414 e. The number of piperazine rings is 1. The third-order valence-electron chi connectivity index (χ3n) is 5.68. The molecule has 0 spiro atoms. The molecule has 2 heterocycles. The largest absolute Gasteiger partial charge is 0.473 e. The van der Waals surface area contributed by atoms with E-state index in [0.29, 0.717) is 22.2 Å². The van der Waals surface area contributed by atoms with Crippen molar-refractivity contribution < 1.29 is 24.6 Å². The average Bonchev–Trinajstić information content (AvgIpc) is 3.19. The van der Waals surface area contributed by atoms with E-state index in [-0.39, 0.29) is 0 Å². The summed E-state index contributed by atoms with van der Waals surface area (Å²) < 4.78 is 2.28. The molecule has 0 radical (unpaired) electrons. The lowest BCUT2D eigenvalue weighted by molar-refractivity contribution is -0.159. The minimum Gasteiger partial charge on any atom is -0.473 e. The molecule has 0 amide bonds. The van der Waals surface area contributed by atoms with E-state index in [0.717, 1.165) is 63.4 Å². The Morgan fingerprint density at radius 3 is 2.22 bits per heavy atom. The van der Waals surface area contributed by atoms with Crippen LogP contribution in [0.4, 0.5) is 5.69 Å². The van der Waals surface area contributed by atoms with Crippen LogP contribution in [0.25, 0.3) is 0 Å². The Morgan fingerprint density at radius 1 is 0.906 bits per heavy atom. The molecule has 4 rings (SSSR count). The standard InChI is InChI=1S/C20H23Cl2N3O.C2H2O4/c21-17-5-4-15(14-18(17)22)24-11-8-23(9-12-24)10-13-25-7-6-16-19(25)2-1-3-20(16)26;3-1(4)2(5)6/h4-7,14H,1-3,8-13H2;(H,3,4)(H,5,6). The van der Waals surface area contributed by atoms with E-state index in [1.807, 2.05) is 24.3 Å².